The van der Waals surface area contributed by atoms with E-state index in [-0.39, 0.29) is 12.3 Å². The summed E-state index contributed by atoms with van der Waals surface area (Å²) in [6.45, 7) is 2.11. The van der Waals surface area contributed by atoms with Crippen LogP contribution < -0.4 is 5.43 Å². The van der Waals surface area contributed by atoms with E-state index in [1.807, 2.05) is 84.9 Å². The first kappa shape index (κ1) is 21.2. The summed E-state index contributed by atoms with van der Waals surface area (Å²) in [6, 6.07) is 27.6. The van der Waals surface area contributed by atoms with Crippen LogP contribution in [-0.2, 0) is 17.6 Å². The third-order valence-corrected chi connectivity index (χ3v) is 5.04. The molecule has 4 aromatic rings. The molecule has 160 valence electrons. The van der Waals surface area contributed by atoms with Gasteiger partial charge in [-0.2, -0.15) is 10.1 Å². The summed E-state index contributed by atoms with van der Waals surface area (Å²) in [5.41, 5.74) is 7.36. The molecule has 0 spiro atoms. The van der Waals surface area contributed by atoms with Gasteiger partial charge < -0.3 is 4.52 Å². The van der Waals surface area contributed by atoms with E-state index in [0.29, 0.717) is 23.8 Å². The van der Waals surface area contributed by atoms with Gasteiger partial charge in [0.1, 0.15) is 0 Å². The number of benzene rings is 3. The van der Waals surface area contributed by atoms with Gasteiger partial charge in [0.25, 0.3) is 0 Å². The van der Waals surface area contributed by atoms with Crippen molar-refractivity contribution in [3.05, 3.63) is 108 Å². The van der Waals surface area contributed by atoms with Gasteiger partial charge in [-0.25, -0.2) is 5.43 Å². The second-order valence-electron chi connectivity index (χ2n) is 7.29. The SMILES string of the molecule is CCc1ccc(-c2noc(CCC(=O)NN=C(c3ccccc3)c3ccccc3)n2)cc1. The number of nitrogens with zero attached hydrogens (tertiary/aromatic N) is 3. The molecule has 1 aromatic heterocycles. The van der Waals surface area contributed by atoms with Crippen molar-refractivity contribution in [2.45, 2.75) is 26.2 Å². The maximum Gasteiger partial charge on any atom is 0.240 e. The van der Waals surface area contributed by atoms with Crippen LogP contribution in [0.1, 0.15) is 35.9 Å². The van der Waals surface area contributed by atoms with Crippen LogP contribution in [0, 0.1) is 0 Å². The second-order valence-corrected chi connectivity index (χ2v) is 7.29. The summed E-state index contributed by atoms with van der Waals surface area (Å²) in [5, 5.41) is 8.42. The van der Waals surface area contributed by atoms with Crippen molar-refractivity contribution in [1.29, 1.82) is 0 Å². The van der Waals surface area contributed by atoms with Crippen molar-refractivity contribution < 1.29 is 9.32 Å². The van der Waals surface area contributed by atoms with Crippen LogP contribution in [0.4, 0.5) is 0 Å². The van der Waals surface area contributed by atoms with E-state index in [4.69, 9.17) is 4.52 Å². The molecule has 0 saturated heterocycles. The molecule has 0 unspecified atom stereocenters. The summed E-state index contributed by atoms with van der Waals surface area (Å²) < 4.78 is 5.31. The van der Waals surface area contributed by atoms with Gasteiger partial charge in [-0.1, -0.05) is 97.0 Å². The van der Waals surface area contributed by atoms with Gasteiger partial charge in [0.05, 0.1) is 5.71 Å². The number of amides is 1. The van der Waals surface area contributed by atoms with Crippen LogP contribution in [0.3, 0.4) is 0 Å². The van der Waals surface area contributed by atoms with Gasteiger partial charge in [0, 0.05) is 29.5 Å². The standard InChI is InChI=1S/C26H24N4O2/c1-2-19-13-15-22(16-14-19)26-27-24(32-30-26)18-17-23(31)28-29-25(20-9-5-3-6-10-20)21-11-7-4-8-12-21/h3-16H,2,17-18H2,1H3,(H,28,31). The highest BCUT2D eigenvalue weighted by Gasteiger charge is 2.12. The molecule has 1 heterocycles. The number of aromatic nitrogens is 2. The summed E-state index contributed by atoms with van der Waals surface area (Å²) in [4.78, 5) is 16.8. The molecular formula is C26H24N4O2. The van der Waals surface area contributed by atoms with E-state index < -0.39 is 0 Å². The van der Waals surface area contributed by atoms with Crippen molar-refractivity contribution in [2.24, 2.45) is 5.10 Å². The number of aryl methyl sites for hydroxylation is 2. The van der Waals surface area contributed by atoms with E-state index in [1.165, 1.54) is 5.56 Å². The Morgan fingerprint density at radius 1 is 0.906 bits per heavy atom. The molecule has 0 saturated carbocycles. The fraction of sp³-hybridized carbons (Fsp3) is 0.154. The molecule has 0 aliphatic heterocycles. The molecule has 6 heteroatoms. The van der Waals surface area contributed by atoms with Crippen LogP contribution in [0.15, 0.2) is 94.6 Å². The zero-order chi connectivity index (χ0) is 22.2. The quantitative estimate of drug-likeness (QED) is 0.325. The smallest absolute Gasteiger partial charge is 0.240 e. The number of carbonyl (C=O) groups excluding carboxylic acids is 1. The predicted octanol–water partition coefficient (Wildman–Crippen LogP) is 4.80. The monoisotopic (exact) mass is 424 g/mol. The Morgan fingerprint density at radius 2 is 1.53 bits per heavy atom. The number of hydrogen-bond acceptors (Lipinski definition) is 5. The predicted molar refractivity (Wildman–Crippen MR) is 124 cm³/mol. The summed E-state index contributed by atoms with van der Waals surface area (Å²) in [5.74, 6) is 0.725. The second kappa shape index (κ2) is 10.3. The molecule has 0 atom stereocenters. The Kier molecular flexibility index (Phi) is 6.82. The van der Waals surface area contributed by atoms with Gasteiger partial charge >= 0.3 is 0 Å². The first-order valence-electron chi connectivity index (χ1n) is 10.6. The average molecular weight is 425 g/mol. The molecule has 0 bridgehead atoms. The number of rotatable bonds is 8. The zero-order valence-corrected chi connectivity index (χ0v) is 17.9. The molecule has 3 aromatic carbocycles. The molecule has 32 heavy (non-hydrogen) atoms. The van der Waals surface area contributed by atoms with Crippen LogP contribution in [0.25, 0.3) is 11.4 Å². The molecular weight excluding hydrogens is 400 g/mol. The van der Waals surface area contributed by atoms with Crippen LogP contribution in [0.5, 0.6) is 0 Å². The minimum absolute atomic E-state index is 0.191. The lowest BCUT2D eigenvalue weighted by Crippen LogP contribution is -2.21. The molecule has 6 nitrogen and oxygen atoms in total. The summed E-state index contributed by atoms with van der Waals surface area (Å²) >= 11 is 0. The Labute approximate surface area is 187 Å². The lowest BCUT2D eigenvalue weighted by atomic mass is 10.0. The van der Waals surface area contributed by atoms with E-state index in [9.17, 15) is 4.79 Å². The minimum Gasteiger partial charge on any atom is -0.339 e. The van der Waals surface area contributed by atoms with Gasteiger partial charge in [-0.05, 0) is 12.0 Å². The van der Waals surface area contributed by atoms with Crippen molar-refractivity contribution in [2.75, 3.05) is 0 Å². The Balaban J connectivity index is 1.40. The normalized spacial score (nSPS) is 10.5. The zero-order valence-electron chi connectivity index (χ0n) is 17.9. The van der Waals surface area contributed by atoms with E-state index in [0.717, 1.165) is 23.1 Å². The highest BCUT2D eigenvalue weighted by atomic mass is 16.5. The minimum atomic E-state index is -0.221. The lowest BCUT2D eigenvalue weighted by molar-refractivity contribution is -0.121. The highest BCUT2D eigenvalue weighted by Crippen LogP contribution is 2.17. The van der Waals surface area contributed by atoms with Crippen molar-refractivity contribution in [1.82, 2.24) is 15.6 Å². The van der Waals surface area contributed by atoms with Gasteiger partial charge in [-0.15, -0.1) is 0 Å². The maximum atomic E-state index is 12.4. The van der Waals surface area contributed by atoms with E-state index >= 15 is 0 Å². The summed E-state index contributed by atoms with van der Waals surface area (Å²) in [6.07, 6.45) is 1.51. The van der Waals surface area contributed by atoms with Crippen LogP contribution in [-0.4, -0.2) is 21.8 Å². The maximum absolute atomic E-state index is 12.4. The third-order valence-electron chi connectivity index (χ3n) is 5.04. The first-order chi connectivity index (χ1) is 15.7. The van der Waals surface area contributed by atoms with E-state index in [2.05, 4.69) is 27.6 Å². The van der Waals surface area contributed by atoms with Crippen molar-refractivity contribution >= 4 is 11.6 Å². The molecule has 0 radical (unpaired) electrons. The summed E-state index contributed by atoms with van der Waals surface area (Å²) in [7, 11) is 0. The number of hydrazone groups is 1. The average Bonchev–Trinajstić information content (AvgIpc) is 3.33. The highest BCUT2D eigenvalue weighted by molar-refractivity contribution is 6.13. The largest absolute Gasteiger partial charge is 0.339 e. The Bertz CT molecular complexity index is 1140. The number of carbonyl (C=O) groups is 1. The van der Waals surface area contributed by atoms with Crippen LogP contribution in [0.2, 0.25) is 0 Å². The molecule has 1 N–H and O–H groups in total. The first-order valence-corrected chi connectivity index (χ1v) is 10.6. The number of hydrogen-bond donors (Lipinski definition) is 1. The molecule has 4 rings (SSSR count). The third kappa shape index (κ3) is 5.35. The van der Waals surface area contributed by atoms with Gasteiger partial charge in [-0.3, -0.25) is 4.79 Å². The molecule has 0 fully saturated rings. The molecule has 1 amide bonds. The number of nitrogens with one attached hydrogen (secondary N) is 1. The van der Waals surface area contributed by atoms with Crippen molar-refractivity contribution in [3.63, 3.8) is 0 Å². The van der Waals surface area contributed by atoms with E-state index in [1.54, 1.807) is 0 Å². The van der Waals surface area contributed by atoms with Crippen molar-refractivity contribution in [3.8, 4) is 11.4 Å². The lowest BCUT2D eigenvalue weighted by Gasteiger charge is -2.07. The topological polar surface area (TPSA) is 80.4 Å². The fourth-order valence-electron chi connectivity index (χ4n) is 3.25. The molecule has 0 aliphatic rings. The molecule has 0 aliphatic carbocycles. The Hall–Kier alpha value is -4.06. The Morgan fingerprint density at radius 3 is 2.12 bits per heavy atom. The fourth-order valence-corrected chi connectivity index (χ4v) is 3.25. The van der Waals surface area contributed by atoms with Gasteiger partial charge in [0.15, 0.2) is 0 Å². The van der Waals surface area contributed by atoms with Gasteiger partial charge in [0.2, 0.25) is 17.6 Å². The van der Waals surface area contributed by atoms with Crippen LogP contribution >= 0.6 is 0 Å².